The van der Waals surface area contributed by atoms with E-state index in [1.165, 1.54) is 12.3 Å². The third-order valence-electron chi connectivity index (χ3n) is 9.19. The molecule has 2 aliphatic heterocycles. The molecule has 10 heteroatoms. The fraction of sp³-hybridized carbons (Fsp3) is 0.581. The van der Waals surface area contributed by atoms with Gasteiger partial charge in [-0.3, -0.25) is 9.59 Å². The molecule has 3 fully saturated rings. The molecule has 2 saturated heterocycles. The van der Waals surface area contributed by atoms with Crippen molar-refractivity contribution in [2.75, 3.05) is 44.2 Å². The van der Waals surface area contributed by atoms with Gasteiger partial charge >= 0.3 is 0 Å². The number of hydrogen-bond donors (Lipinski definition) is 0. The van der Waals surface area contributed by atoms with Gasteiger partial charge in [0.05, 0.1) is 10.0 Å². The molecule has 2 amide bonds. The van der Waals surface area contributed by atoms with Crippen LogP contribution in [0.2, 0.25) is 10.0 Å². The second kappa shape index (κ2) is 11.7. The second-order valence-electron chi connectivity index (χ2n) is 12.2. The van der Waals surface area contributed by atoms with Crippen LogP contribution in [-0.2, 0) is 15.5 Å². The topological polar surface area (TPSA) is 56.8 Å². The Morgan fingerprint density at radius 2 is 1.78 bits per heavy atom. The van der Waals surface area contributed by atoms with E-state index in [1.807, 2.05) is 35.8 Å². The predicted octanol–water partition coefficient (Wildman–Crippen LogP) is 6.61. The molecule has 1 aliphatic carbocycles. The van der Waals surface area contributed by atoms with Crippen molar-refractivity contribution in [3.8, 4) is 0 Å². The highest BCUT2D eigenvalue weighted by atomic mass is 35.5. The van der Waals surface area contributed by atoms with Gasteiger partial charge in [0, 0.05) is 81.1 Å². The molecular formula is C31H38Cl2F2N4O2. The lowest BCUT2D eigenvalue weighted by atomic mass is 9.88. The first-order valence-corrected chi connectivity index (χ1v) is 15.3. The molecule has 41 heavy (non-hydrogen) atoms. The maximum Gasteiger partial charge on any atom is 0.272 e. The van der Waals surface area contributed by atoms with Crippen LogP contribution in [0.15, 0.2) is 36.5 Å². The maximum atomic E-state index is 13.8. The molecule has 2 aromatic rings. The molecule has 222 valence electrons. The van der Waals surface area contributed by atoms with Crippen LogP contribution in [0.3, 0.4) is 0 Å². The summed E-state index contributed by atoms with van der Waals surface area (Å²) in [7, 11) is 0. The lowest BCUT2D eigenvalue weighted by Crippen LogP contribution is -2.46. The molecule has 5 rings (SSSR count). The third kappa shape index (κ3) is 6.48. The fourth-order valence-corrected chi connectivity index (χ4v) is 6.53. The second-order valence-corrected chi connectivity index (χ2v) is 13.1. The van der Waals surface area contributed by atoms with Crippen LogP contribution in [0.25, 0.3) is 0 Å². The largest absolute Gasteiger partial charge is 0.357 e. The minimum Gasteiger partial charge on any atom is -0.357 e. The van der Waals surface area contributed by atoms with Crippen LogP contribution in [0.4, 0.5) is 14.6 Å². The number of aromatic nitrogens is 1. The van der Waals surface area contributed by atoms with Gasteiger partial charge in [0.1, 0.15) is 5.82 Å². The van der Waals surface area contributed by atoms with Gasteiger partial charge in [0.25, 0.3) is 5.92 Å². The maximum absolute atomic E-state index is 13.8. The Bertz CT molecular complexity index is 1270. The van der Waals surface area contributed by atoms with Crippen LogP contribution >= 0.6 is 23.2 Å². The highest BCUT2D eigenvalue weighted by Crippen LogP contribution is 2.47. The van der Waals surface area contributed by atoms with Gasteiger partial charge in [0.15, 0.2) is 0 Å². The Morgan fingerprint density at radius 1 is 1.07 bits per heavy atom. The number of amides is 2. The summed E-state index contributed by atoms with van der Waals surface area (Å²) in [5, 5.41) is 0.950. The number of carbonyl (C=O) groups is 2. The van der Waals surface area contributed by atoms with E-state index in [1.54, 1.807) is 12.1 Å². The SMILES string of the molecule is CCN(CC1CN(C(=O)C2CCN(C(=O)C3(C)CC3)CC2)CC1c1ccc(Cl)c(Cl)c1)c1ccc(C(C)(F)F)cn1. The third-order valence-corrected chi connectivity index (χ3v) is 9.93. The zero-order chi connectivity index (χ0) is 29.5. The summed E-state index contributed by atoms with van der Waals surface area (Å²) in [5.41, 5.74) is 0.703. The number of rotatable bonds is 8. The number of alkyl halides is 2. The number of hydrogen-bond acceptors (Lipinski definition) is 4. The highest BCUT2D eigenvalue weighted by Gasteiger charge is 2.48. The van der Waals surface area contributed by atoms with E-state index in [9.17, 15) is 18.4 Å². The zero-order valence-electron chi connectivity index (χ0n) is 23.9. The Labute approximate surface area is 251 Å². The molecule has 0 N–H and O–H groups in total. The van der Waals surface area contributed by atoms with E-state index in [0.717, 1.165) is 25.3 Å². The fourth-order valence-electron chi connectivity index (χ4n) is 6.23. The Morgan fingerprint density at radius 3 is 2.34 bits per heavy atom. The summed E-state index contributed by atoms with van der Waals surface area (Å²) in [6.07, 6.45) is 4.50. The molecule has 2 atom stereocenters. The first-order chi connectivity index (χ1) is 19.4. The lowest BCUT2D eigenvalue weighted by molar-refractivity contribution is -0.142. The van der Waals surface area contributed by atoms with Crippen molar-refractivity contribution < 1.29 is 18.4 Å². The molecule has 1 aromatic heterocycles. The van der Waals surface area contributed by atoms with Gasteiger partial charge in [-0.25, -0.2) is 13.8 Å². The monoisotopic (exact) mass is 606 g/mol. The Hall–Kier alpha value is -2.45. The smallest absolute Gasteiger partial charge is 0.272 e. The zero-order valence-corrected chi connectivity index (χ0v) is 25.4. The molecule has 3 heterocycles. The molecule has 3 aliphatic rings. The summed E-state index contributed by atoms with van der Waals surface area (Å²) in [5.74, 6) is -1.97. The van der Waals surface area contributed by atoms with Gasteiger partial charge in [-0.1, -0.05) is 36.2 Å². The van der Waals surface area contributed by atoms with E-state index in [2.05, 4.69) is 9.88 Å². The molecule has 1 aromatic carbocycles. The number of benzene rings is 1. The minimum absolute atomic E-state index is 0.0264. The van der Waals surface area contributed by atoms with Crippen molar-refractivity contribution >= 4 is 40.8 Å². The normalized spacial score (nSPS) is 22.6. The number of likely N-dealkylation sites (tertiary alicyclic amines) is 2. The van der Waals surface area contributed by atoms with Crippen LogP contribution in [-0.4, -0.2) is 65.9 Å². The first-order valence-electron chi connectivity index (χ1n) is 14.5. The van der Waals surface area contributed by atoms with Crippen molar-refractivity contribution in [2.45, 2.75) is 58.3 Å². The van der Waals surface area contributed by atoms with Gasteiger partial charge in [-0.2, -0.15) is 0 Å². The quantitative estimate of drug-likeness (QED) is 0.339. The summed E-state index contributed by atoms with van der Waals surface area (Å²) >= 11 is 12.6. The van der Waals surface area contributed by atoms with Crippen molar-refractivity contribution in [3.63, 3.8) is 0 Å². The summed E-state index contributed by atoms with van der Waals surface area (Å²) < 4.78 is 27.5. The average molecular weight is 608 g/mol. The van der Waals surface area contributed by atoms with Gasteiger partial charge in [-0.05, 0) is 62.4 Å². The van der Waals surface area contributed by atoms with Gasteiger partial charge in [-0.15, -0.1) is 0 Å². The van der Waals surface area contributed by atoms with E-state index in [4.69, 9.17) is 23.2 Å². The summed E-state index contributed by atoms with van der Waals surface area (Å²) in [6.45, 7) is 8.52. The molecule has 1 saturated carbocycles. The van der Waals surface area contributed by atoms with Crippen LogP contribution in [0, 0.1) is 17.3 Å². The molecule has 0 radical (unpaired) electrons. The number of halogens is 4. The molecule has 6 nitrogen and oxygen atoms in total. The highest BCUT2D eigenvalue weighted by molar-refractivity contribution is 6.42. The van der Waals surface area contributed by atoms with Gasteiger partial charge in [0.2, 0.25) is 11.8 Å². The summed E-state index contributed by atoms with van der Waals surface area (Å²) in [6, 6.07) is 8.70. The number of anilines is 1. The van der Waals surface area contributed by atoms with E-state index in [0.29, 0.717) is 68.0 Å². The van der Waals surface area contributed by atoms with Crippen molar-refractivity contribution in [2.24, 2.45) is 17.3 Å². The van der Waals surface area contributed by atoms with E-state index in [-0.39, 0.29) is 40.5 Å². The number of nitrogens with zero attached hydrogens (tertiary/aromatic N) is 4. The summed E-state index contributed by atoms with van der Waals surface area (Å²) in [4.78, 5) is 36.9. The standard InChI is InChI=1S/C31H38Cl2F2N4O2/c1-4-37(27-8-6-23(16-36-27)31(3,34)35)17-22-18-39(19-24(22)21-5-7-25(32)26(33)15-21)28(40)20-9-13-38(14-10-20)29(41)30(2)11-12-30/h5-8,15-16,20,22,24H,4,9-14,17-19H2,1-3H3. The number of piperidine rings is 1. The minimum atomic E-state index is -2.95. The van der Waals surface area contributed by atoms with Crippen molar-refractivity contribution in [3.05, 3.63) is 57.7 Å². The average Bonchev–Trinajstić information content (AvgIpc) is 3.57. The van der Waals surface area contributed by atoms with Crippen LogP contribution in [0.5, 0.6) is 0 Å². The van der Waals surface area contributed by atoms with Crippen LogP contribution < -0.4 is 4.90 Å². The van der Waals surface area contributed by atoms with Crippen LogP contribution in [0.1, 0.15) is 63.5 Å². The number of carbonyl (C=O) groups excluding carboxylic acids is 2. The first kappa shape index (κ1) is 30.0. The van der Waals surface area contributed by atoms with E-state index >= 15 is 0 Å². The lowest BCUT2D eigenvalue weighted by Gasteiger charge is -2.34. The van der Waals surface area contributed by atoms with Gasteiger partial charge < -0.3 is 14.7 Å². The van der Waals surface area contributed by atoms with E-state index < -0.39 is 5.92 Å². The molecule has 2 unspecified atom stereocenters. The predicted molar refractivity (Wildman–Crippen MR) is 158 cm³/mol. The number of pyridine rings is 1. The Balaban J connectivity index is 1.31. The van der Waals surface area contributed by atoms with Crippen molar-refractivity contribution in [1.29, 1.82) is 0 Å². The molecular weight excluding hydrogens is 569 g/mol. The Kier molecular flexibility index (Phi) is 8.55. The van der Waals surface area contributed by atoms with Crippen molar-refractivity contribution in [1.82, 2.24) is 14.8 Å². The molecule has 0 bridgehead atoms. The molecule has 0 spiro atoms.